The van der Waals surface area contributed by atoms with Crippen molar-refractivity contribution < 1.29 is 27.6 Å². The van der Waals surface area contributed by atoms with Crippen LogP contribution in [-0.2, 0) is 14.4 Å². The quantitative estimate of drug-likeness (QED) is 0.544. The number of aromatic nitrogens is 1. The third-order valence-corrected chi connectivity index (χ3v) is 8.72. The topological polar surface area (TPSA) is 115 Å². The molecule has 2 N–H and O–H groups in total. The van der Waals surface area contributed by atoms with E-state index < -0.39 is 47.4 Å². The largest absolute Gasteiger partial charge is 0.471 e. The summed E-state index contributed by atoms with van der Waals surface area (Å²) in [6, 6.07) is -1.64. The minimum Gasteiger partial charge on any atom is -0.336 e. The first-order valence-corrected chi connectivity index (χ1v) is 13.1. The number of amides is 3. The monoisotopic (exact) mass is 559 g/mol. The molecule has 4 rings (SSSR count). The Kier molecular flexibility index (Phi) is 6.93. The maximum atomic E-state index is 13.7. The Balaban J connectivity index is 1.65. The molecule has 39 heavy (non-hydrogen) atoms. The maximum absolute atomic E-state index is 13.7. The molecular weight excluding hydrogens is 531 g/mol. The summed E-state index contributed by atoms with van der Waals surface area (Å²) in [6.07, 6.45) is 3.51. The molecule has 2 fully saturated rings. The van der Waals surface area contributed by atoms with Gasteiger partial charge >= 0.3 is 12.1 Å². The Labute approximate surface area is 227 Å². The molecule has 5 atom stereocenters. The molecule has 1 aliphatic carbocycles. The van der Waals surface area contributed by atoms with Gasteiger partial charge in [-0.25, -0.2) is 0 Å². The molecule has 1 unspecified atom stereocenters. The molecule has 1 aliphatic heterocycles. The Morgan fingerprint density at radius 3 is 2.46 bits per heavy atom. The highest BCUT2D eigenvalue weighted by Crippen LogP contribution is 2.65. The van der Waals surface area contributed by atoms with Gasteiger partial charge in [0, 0.05) is 40.8 Å². The van der Waals surface area contributed by atoms with Gasteiger partial charge in [-0.2, -0.15) is 18.4 Å². The zero-order chi connectivity index (χ0) is 29.1. The first-order chi connectivity index (χ1) is 18.0. The summed E-state index contributed by atoms with van der Waals surface area (Å²) in [5, 5.41) is 16.9. The van der Waals surface area contributed by atoms with Crippen LogP contribution >= 0.6 is 11.3 Å². The molecule has 0 radical (unpaired) electrons. The molecule has 12 heteroatoms. The van der Waals surface area contributed by atoms with E-state index in [1.54, 1.807) is 11.6 Å². The normalized spacial score (nSPS) is 23.2. The van der Waals surface area contributed by atoms with Crippen molar-refractivity contribution in [3.8, 4) is 18.4 Å². The lowest BCUT2D eigenvalue weighted by atomic mass is 9.85. The van der Waals surface area contributed by atoms with E-state index in [9.17, 15) is 32.8 Å². The second kappa shape index (κ2) is 9.53. The lowest BCUT2D eigenvalue weighted by Gasteiger charge is -2.37. The van der Waals surface area contributed by atoms with Gasteiger partial charge in [0.2, 0.25) is 11.8 Å². The lowest BCUT2D eigenvalue weighted by Crippen LogP contribution is -2.60. The van der Waals surface area contributed by atoms with E-state index in [0.29, 0.717) is 16.5 Å². The number of terminal acetylenes is 1. The van der Waals surface area contributed by atoms with Gasteiger partial charge in [0.25, 0.3) is 0 Å². The predicted octanol–water partition coefficient (Wildman–Crippen LogP) is 3.53. The third-order valence-electron chi connectivity index (χ3n) is 7.80. The zero-order valence-electron chi connectivity index (χ0n) is 22.0. The van der Waals surface area contributed by atoms with Crippen LogP contribution in [0.2, 0.25) is 0 Å². The summed E-state index contributed by atoms with van der Waals surface area (Å²) in [4.78, 5) is 44.6. The van der Waals surface area contributed by atoms with Crippen molar-refractivity contribution in [2.75, 3.05) is 6.54 Å². The van der Waals surface area contributed by atoms with Crippen LogP contribution in [0.1, 0.15) is 51.8 Å². The van der Waals surface area contributed by atoms with Crippen molar-refractivity contribution in [1.82, 2.24) is 20.5 Å². The second-order valence-electron chi connectivity index (χ2n) is 11.6. The minimum atomic E-state index is -5.18. The van der Waals surface area contributed by atoms with Gasteiger partial charge in [0.1, 0.15) is 18.1 Å². The first-order valence-electron chi connectivity index (χ1n) is 12.2. The van der Waals surface area contributed by atoms with Crippen molar-refractivity contribution in [1.29, 1.82) is 5.26 Å². The van der Waals surface area contributed by atoms with Crippen LogP contribution < -0.4 is 10.6 Å². The van der Waals surface area contributed by atoms with Gasteiger partial charge in [-0.05, 0) is 22.7 Å². The Bertz CT molecular complexity index is 1430. The number of alkyl halides is 3. The molecule has 0 bridgehead atoms. The van der Waals surface area contributed by atoms with Crippen LogP contribution in [0.15, 0.2) is 17.8 Å². The van der Waals surface area contributed by atoms with E-state index in [1.165, 1.54) is 43.2 Å². The van der Waals surface area contributed by atoms with Crippen LogP contribution in [-0.4, -0.2) is 52.4 Å². The number of fused-ring (bicyclic) bond motifs is 2. The number of hydrogen-bond acceptors (Lipinski definition) is 6. The zero-order valence-corrected chi connectivity index (χ0v) is 22.8. The van der Waals surface area contributed by atoms with E-state index >= 15 is 0 Å². The third kappa shape index (κ3) is 4.94. The van der Waals surface area contributed by atoms with Gasteiger partial charge in [-0.3, -0.25) is 19.4 Å². The molecule has 2 aliphatic rings. The molecule has 1 saturated carbocycles. The van der Waals surface area contributed by atoms with E-state index in [2.05, 4.69) is 22.3 Å². The molecule has 3 heterocycles. The van der Waals surface area contributed by atoms with Crippen LogP contribution in [0.5, 0.6) is 0 Å². The predicted molar refractivity (Wildman–Crippen MR) is 138 cm³/mol. The number of nitrogens with one attached hydrogen (secondary N) is 2. The highest BCUT2D eigenvalue weighted by Gasteiger charge is 2.70. The summed E-state index contributed by atoms with van der Waals surface area (Å²) in [5.41, 5.74) is -0.414. The molecule has 2 aromatic heterocycles. The highest BCUT2D eigenvalue weighted by atomic mass is 32.1. The minimum absolute atomic E-state index is 0.0633. The lowest BCUT2D eigenvalue weighted by molar-refractivity contribution is -0.176. The number of carbonyl (C=O) groups is 3. The number of likely N-dealkylation sites (tertiary alicyclic amines) is 1. The van der Waals surface area contributed by atoms with Crippen molar-refractivity contribution in [2.45, 2.75) is 58.9 Å². The SMILES string of the molecule is C#Cc1csc2cncc(C(C#N)NC(=O)[C@@H]3[C@@H]4[C@H](CN3C(=O)[C@@H](NC(=O)C(F)(F)F)C(C)(C)C)C4(C)C)c12. The average Bonchev–Trinajstić information content (AvgIpc) is 3.22. The summed E-state index contributed by atoms with van der Waals surface area (Å²) >= 11 is 1.35. The fourth-order valence-electron chi connectivity index (χ4n) is 5.59. The van der Waals surface area contributed by atoms with Crippen LogP contribution in [0.3, 0.4) is 0 Å². The van der Waals surface area contributed by atoms with E-state index in [0.717, 1.165) is 4.70 Å². The number of rotatable bonds is 5. The smallest absolute Gasteiger partial charge is 0.336 e. The van der Waals surface area contributed by atoms with Gasteiger partial charge < -0.3 is 15.5 Å². The number of thiophene rings is 1. The molecule has 1 saturated heterocycles. The second-order valence-corrected chi connectivity index (χ2v) is 12.5. The fourth-order valence-corrected chi connectivity index (χ4v) is 6.49. The summed E-state index contributed by atoms with van der Waals surface area (Å²) < 4.78 is 39.9. The average molecular weight is 560 g/mol. The fraction of sp³-hybridized carbons (Fsp3) is 0.519. The van der Waals surface area contributed by atoms with Crippen molar-refractivity contribution in [2.24, 2.45) is 22.7 Å². The molecule has 3 amide bonds. The molecular formula is C27H28F3N5O3S. The van der Waals surface area contributed by atoms with Gasteiger partial charge in [0.15, 0.2) is 0 Å². The van der Waals surface area contributed by atoms with Gasteiger partial charge in [-0.15, -0.1) is 17.8 Å². The van der Waals surface area contributed by atoms with Crippen LogP contribution in [0.25, 0.3) is 10.1 Å². The number of nitrogens with zero attached hydrogens (tertiary/aromatic N) is 3. The summed E-state index contributed by atoms with van der Waals surface area (Å²) in [7, 11) is 0. The standard InChI is InChI=1S/C27H28F3N5O3S/c1-7-13-12-39-17-10-32-9-14(18(13)17)16(8-31)33-22(36)20-19-15(26(19,5)6)11-35(20)23(37)21(25(2,3)4)34-24(38)27(28,29)30/h1,9-10,12,15-16,19-21H,11H2,2-6H3,(H,33,36)(H,34,38)/t15-,16?,19-,20-,21+/m0/s1. The van der Waals surface area contributed by atoms with Gasteiger partial charge in [-0.1, -0.05) is 40.5 Å². The Morgan fingerprint density at radius 1 is 1.23 bits per heavy atom. The van der Waals surface area contributed by atoms with E-state index in [4.69, 9.17) is 6.42 Å². The Morgan fingerprint density at radius 2 is 1.90 bits per heavy atom. The number of piperidine rings is 1. The molecule has 0 aromatic carbocycles. The first kappa shape index (κ1) is 28.4. The molecule has 8 nitrogen and oxygen atoms in total. The Hall–Kier alpha value is -3.64. The number of carbonyl (C=O) groups excluding carboxylic acids is 3. The summed E-state index contributed by atoms with van der Waals surface area (Å²) in [5.74, 6) is -1.39. The maximum Gasteiger partial charge on any atom is 0.471 e. The van der Waals surface area contributed by atoms with Crippen LogP contribution in [0.4, 0.5) is 13.2 Å². The number of halogens is 3. The summed E-state index contributed by atoms with van der Waals surface area (Å²) in [6.45, 7) is 8.65. The molecule has 2 aromatic rings. The van der Waals surface area contributed by atoms with Crippen molar-refractivity contribution in [3.05, 3.63) is 28.9 Å². The van der Waals surface area contributed by atoms with E-state index in [1.807, 2.05) is 19.2 Å². The van der Waals surface area contributed by atoms with Crippen molar-refractivity contribution >= 4 is 39.1 Å². The number of nitriles is 1. The van der Waals surface area contributed by atoms with Crippen LogP contribution in [0, 0.1) is 46.3 Å². The van der Waals surface area contributed by atoms with Crippen molar-refractivity contribution in [3.63, 3.8) is 0 Å². The number of pyridine rings is 1. The molecule has 206 valence electrons. The highest BCUT2D eigenvalue weighted by molar-refractivity contribution is 7.17. The molecule has 0 spiro atoms. The van der Waals surface area contributed by atoms with E-state index in [-0.39, 0.29) is 23.8 Å². The van der Waals surface area contributed by atoms with Gasteiger partial charge in [0.05, 0.1) is 10.8 Å². The number of hydrogen-bond donors (Lipinski definition) is 2.